The standard InChI is InChI=1S/C11H18O2/c1-11-6-5-9(12)7-8(11)3-2-4-10(11)13/h7,9-10,12-13H,2-6H2,1H3/t9?,10-,11-/m0/s1. The van der Waals surface area contributed by atoms with Crippen molar-refractivity contribution in [3.8, 4) is 0 Å². The molecule has 0 aromatic heterocycles. The van der Waals surface area contributed by atoms with Gasteiger partial charge in [0.05, 0.1) is 12.2 Å². The predicted molar refractivity (Wildman–Crippen MR) is 51.3 cm³/mol. The lowest BCUT2D eigenvalue weighted by Gasteiger charge is -2.44. The van der Waals surface area contributed by atoms with Crippen LogP contribution in [-0.2, 0) is 0 Å². The van der Waals surface area contributed by atoms with Crippen LogP contribution in [0.15, 0.2) is 11.6 Å². The van der Waals surface area contributed by atoms with Crippen molar-refractivity contribution in [1.29, 1.82) is 0 Å². The van der Waals surface area contributed by atoms with Crippen LogP contribution in [0.3, 0.4) is 0 Å². The van der Waals surface area contributed by atoms with Gasteiger partial charge in [0.25, 0.3) is 0 Å². The van der Waals surface area contributed by atoms with E-state index < -0.39 is 0 Å². The van der Waals surface area contributed by atoms with E-state index in [9.17, 15) is 10.2 Å². The van der Waals surface area contributed by atoms with Crippen molar-refractivity contribution in [2.45, 2.75) is 51.2 Å². The van der Waals surface area contributed by atoms with Crippen molar-refractivity contribution in [2.75, 3.05) is 0 Å². The third kappa shape index (κ3) is 1.42. The van der Waals surface area contributed by atoms with Gasteiger partial charge in [0.15, 0.2) is 0 Å². The summed E-state index contributed by atoms with van der Waals surface area (Å²) in [7, 11) is 0. The van der Waals surface area contributed by atoms with E-state index in [0.29, 0.717) is 0 Å². The van der Waals surface area contributed by atoms with Crippen LogP contribution in [0.4, 0.5) is 0 Å². The van der Waals surface area contributed by atoms with Gasteiger partial charge in [0, 0.05) is 5.41 Å². The lowest BCUT2D eigenvalue weighted by atomic mass is 9.64. The number of aliphatic hydroxyl groups is 2. The summed E-state index contributed by atoms with van der Waals surface area (Å²) in [5, 5.41) is 19.4. The third-order valence-corrected chi connectivity index (χ3v) is 3.75. The lowest BCUT2D eigenvalue weighted by molar-refractivity contribution is 0.0145. The fourth-order valence-corrected chi connectivity index (χ4v) is 2.67. The van der Waals surface area contributed by atoms with E-state index in [1.54, 1.807) is 0 Å². The Morgan fingerprint density at radius 2 is 2.15 bits per heavy atom. The van der Waals surface area contributed by atoms with Gasteiger partial charge in [-0.15, -0.1) is 0 Å². The number of hydrogen-bond acceptors (Lipinski definition) is 2. The molecule has 2 aliphatic rings. The Bertz CT molecular complexity index is 234. The maximum atomic E-state index is 9.93. The third-order valence-electron chi connectivity index (χ3n) is 3.75. The van der Waals surface area contributed by atoms with Crippen LogP contribution < -0.4 is 0 Å². The van der Waals surface area contributed by atoms with Crippen LogP contribution in [0, 0.1) is 5.41 Å². The van der Waals surface area contributed by atoms with Crippen LogP contribution in [0.5, 0.6) is 0 Å². The molecule has 0 saturated heterocycles. The van der Waals surface area contributed by atoms with E-state index in [-0.39, 0.29) is 17.6 Å². The summed E-state index contributed by atoms with van der Waals surface area (Å²) in [4.78, 5) is 0. The van der Waals surface area contributed by atoms with Crippen molar-refractivity contribution >= 4 is 0 Å². The predicted octanol–water partition coefficient (Wildman–Crippen LogP) is 1.62. The Labute approximate surface area is 79.3 Å². The molecule has 0 aromatic rings. The monoisotopic (exact) mass is 182 g/mol. The first-order chi connectivity index (χ1) is 6.13. The summed E-state index contributed by atoms with van der Waals surface area (Å²) in [5.74, 6) is 0. The fourth-order valence-electron chi connectivity index (χ4n) is 2.67. The van der Waals surface area contributed by atoms with Crippen molar-refractivity contribution in [3.05, 3.63) is 11.6 Å². The minimum Gasteiger partial charge on any atom is -0.392 e. The molecule has 74 valence electrons. The molecule has 0 aromatic carbocycles. The zero-order valence-electron chi connectivity index (χ0n) is 8.16. The molecule has 0 bridgehead atoms. The van der Waals surface area contributed by atoms with Gasteiger partial charge in [-0.25, -0.2) is 0 Å². The van der Waals surface area contributed by atoms with Gasteiger partial charge < -0.3 is 10.2 Å². The van der Waals surface area contributed by atoms with Crippen LogP contribution in [-0.4, -0.2) is 22.4 Å². The normalized spacial score (nSPS) is 45.3. The van der Waals surface area contributed by atoms with Crippen LogP contribution in [0.2, 0.25) is 0 Å². The van der Waals surface area contributed by atoms with E-state index >= 15 is 0 Å². The van der Waals surface area contributed by atoms with Crippen molar-refractivity contribution in [3.63, 3.8) is 0 Å². The van der Waals surface area contributed by atoms with Crippen LogP contribution >= 0.6 is 0 Å². The molecule has 2 rings (SSSR count). The smallest absolute Gasteiger partial charge is 0.0724 e. The summed E-state index contributed by atoms with van der Waals surface area (Å²) >= 11 is 0. The summed E-state index contributed by atoms with van der Waals surface area (Å²) < 4.78 is 0. The van der Waals surface area contributed by atoms with Gasteiger partial charge in [-0.1, -0.05) is 18.6 Å². The number of hydrogen-bond donors (Lipinski definition) is 2. The van der Waals surface area contributed by atoms with E-state index in [4.69, 9.17) is 0 Å². The van der Waals surface area contributed by atoms with Gasteiger partial charge in [-0.2, -0.15) is 0 Å². The highest BCUT2D eigenvalue weighted by molar-refractivity contribution is 5.22. The molecule has 1 fully saturated rings. The van der Waals surface area contributed by atoms with Crippen molar-refractivity contribution < 1.29 is 10.2 Å². The maximum Gasteiger partial charge on any atom is 0.0724 e. The highest BCUT2D eigenvalue weighted by Gasteiger charge is 2.41. The SMILES string of the molecule is C[C@]12CCC(O)C=C1CCC[C@@H]2O. The number of rotatable bonds is 0. The second-order valence-electron chi connectivity index (χ2n) is 4.62. The summed E-state index contributed by atoms with van der Waals surface area (Å²) in [6, 6.07) is 0. The molecule has 1 saturated carbocycles. The molecular weight excluding hydrogens is 164 g/mol. The molecule has 0 spiro atoms. The molecule has 2 aliphatic carbocycles. The van der Waals surface area contributed by atoms with Crippen molar-refractivity contribution in [2.24, 2.45) is 5.41 Å². The Hall–Kier alpha value is -0.340. The number of aliphatic hydroxyl groups excluding tert-OH is 2. The molecule has 13 heavy (non-hydrogen) atoms. The quantitative estimate of drug-likeness (QED) is 0.559. The summed E-state index contributed by atoms with van der Waals surface area (Å²) in [5.41, 5.74) is 1.25. The second-order valence-corrected chi connectivity index (χ2v) is 4.62. The molecular formula is C11H18O2. The average molecular weight is 182 g/mol. The number of fused-ring (bicyclic) bond motifs is 1. The largest absolute Gasteiger partial charge is 0.392 e. The molecule has 2 heteroatoms. The molecule has 0 aliphatic heterocycles. The van der Waals surface area contributed by atoms with Gasteiger partial charge in [0.2, 0.25) is 0 Å². The first-order valence-electron chi connectivity index (χ1n) is 5.20. The Morgan fingerprint density at radius 1 is 1.38 bits per heavy atom. The van der Waals surface area contributed by atoms with E-state index in [1.807, 2.05) is 6.08 Å². The second kappa shape index (κ2) is 3.10. The first-order valence-corrected chi connectivity index (χ1v) is 5.20. The van der Waals surface area contributed by atoms with Crippen LogP contribution in [0.25, 0.3) is 0 Å². The first kappa shape index (κ1) is 9.22. The Kier molecular flexibility index (Phi) is 2.20. The van der Waals surface area contributed by atoms with Gasteiger partial charge in [0.1, 0.15) is 0 Å². The summed E-state index contributed by atoms with van der Waals surface area (Å²) in [6.45, 7) is 2.13. The van der Waals surface area contributed by atoms with Gasteiger partial charge in [-0.3, -0.25) is 0 Å². The van der Waals surface area contributed by atoms with E-state index in [2.05, 4.69) is 6.92 Å². The van der Waals surface area contributed by atoms with Gasteiger partial charge in [-0.05, 0) is 32.1 Å². The van der Waals surface area contributed by atoms with E-state index in [1.165, 1.54) is 5.57 Å². The zero-order chi connectivity index (χ0) is 9.47. The molecule has 2 N–H and O–H groups in total. The summed E-state index contributed by atoms with van der Waals surface area (Å²) in [6.07, 6.45) is 6.28. The maximum absolute atomic E-state index is 9.93. The molecule has 1 unspecified atom stereocenters. The highest BCUT2D eigenvalue weighted by atomic mass is 16.3. The van der Waals surface area contributed by atoms with Crippen molar-refractivity contribution in [1.82, 2.24) is 0 Å². The fraction of sp³-hybridized carbons (Fsp3) is 0.818. The zero-order valence-corrected chi connectivity index (χ0v) is 8.16. The topological polar surface area (TPSA) is 40.5 Å². The molecule has 2 nitrogen and oxygen atoms in total. The van der Waals surface area contributed by atoms with Gasteiger partial charge >= 0.3 is 0 Å². The van der Waals surface area contributed by atoms with Crippen LogP contribution in [0.1, 0.15) is 39.0 Å². The molecule has 0 heterocycles. The Morgan fingerprint density at radius 3 is 2.92 bits per heavy atom. The minimum absolute atomic E-state index is 0.0303. The average Bonchev–Trinajstić information content (AvgIpc) is 2.09. The molecule has 3 atom stereocenters. The molecule has 0 amide bonds. The van der Waals surface area contributed by atoms with E-state index in [0.717, 1.165) is 32.1 Å². The highest BCUT2D eigenvalue weighted by Crippen LogP contribution is 2.47. The Balaban J connectivity index is 2.29. The lowest BCUT2D eigenvalue weighted by Crippen LogP contribution is -2.40. The minimum atomic E-state index is -0.270. The molecule has 0 radical (unpaired) electrons.